The van der Waals surface area contributed by atoms with Crippen molar-refractivity contribution >= 4 is 21.7 Å². The van der Waals surface area contributed by atoms with Crippen molar-refractivity contribution in [2.24, 2.45) is 0 Å². The molecule has 1 atom stereocenters. The number of carbonyl (C=O) groups excluding carboxylic acids is 1. The average Bonchev–Trinajstić information content (AvgIpc) is 2.70. The van der Waals surface area contributed by atoms with Gasteiger partial charge in [-0.15, -0.1) is 0 Å². The van der Waals surface area contributed by atoms with Crippen LogP contribution in [0, 0.1) is 0 Å². The number of unbranched alkanes of at least 4 members (excludes halogenated alkanes) is 2. The van der Waals surface area contributed by atoms with Gasteiger partial charge in [0, 0.05) is 30.7 Å². The highest BCUT2D eigenvalue weighted by molar-refractivity contribution is 7.88. The molecule has 0 bridgehead atoms. The molecule has 164 valence electrons. The summed E-state index contributed by atoms with van der Waals surface area (Å²) in [4.78, 5) is 21.4. The number of rotatable bonds is 12. The van der Waals surface area contributed by atoms with Crippen molar-refractivity contribution in [2.45, 2.75) is 45.3 Å². The maximum Gasteiger partial charge on any atom is 0.319 e. The van der Waals surface area contributed by atoms with E-state index in [1.54, 1.807) is 24.5 Å². The summed E-state index contributed by atoms with van der Waals surface area (Å²) in [5.74, 6) is 0. The summed E-state index contributed by atoms with van der Waals surface area (Å²) < 4.78 is 24.9. The smallest absolute Gasteiger partial charge is 0.319 e. The van der Waals surface area contributed by atoms with Gasteiger partial charge in [0.2, 0.25) is 10.0 Å². The molecule has 0 saturated heterocycles. The fourth-order valence-corrected chi connectivity index (χ4v) is 3.52. The van der Waals surface area contributed by atoms with E-state index >= 15 is 0 Å². The van der Waals surface area contributed by atoms with Crippen LogP contribution in [-0.4, -0.2) is 42.7 Å². The van der Waals surface area contributed by atoms with Crippen molar-refractivity contribution in [1.29, 1.82) is 0 Å². The van der Waals surface area contributed by atoms with Gasteiger partial charge in [-0.25, -0.2) is 13.2 Å². The monoisotopic (exact) mass is 434 g/mol. The largest absolute Gasteiger partial charge is 0.335 e. The Bertz CT molecular complexity index is 863. The number of anilines is 1. The quantitative estimate of drug-likeness (QED) is 0.393. The molecule has 0 aliphatic rings. The Labute approximate surface area is 178 Å². The third kappa shape index (κ3) is 9.34. The van der Waals surface area contributed by atoms with Crippen LogP contribution in [0.4, 0.5) is 10.5 Å². The van der Waals surface area contributed by atoms with Crippen molar-refractivity contribution in [3.05, 3.63) is 60.4 Å². The summed E-state index contributed by atoms with van der Waals surface area (Å²) in [6.07, 6.45) is 7.55. The van der Waals surface area contributed by atoms with Crippen LogP contribution in [0.15, 0.2) is 54.9 Å². The predicted molar refractivity (Wildman–Crippen MR) is 117 cm³/mol. The van der Waals surface area contributed by atoms with Gasteiger partial charge in [0.1, 0.15) is 0 Å². The Morgan fingerprint density at radius 1 is 1.10 bits per heavy atom. The van der Waals surface area contributed by atoms with Crippen LogP contribution in [0.3, 0.4) is 0 Å². The van der Waals surface area contributed by atoms with E-state index in [0.29, 0.717) is 18.7 Å². The van der Waals surface area contributed by atoms with Crippen LogP contribution in [-0.2, 0) is 21.5 Å². The summed E-state index contributed by atoms with van der Waals surface area (Å²) >= 11 is 0. The number of pyridine rings is 1. The summed E-state index contributed by atoms with van der Waals surface area (Å²) in [5.41, 5.74) is 1.60. The van der Waals surface area contributed by atoms with E-state index in [2.05, 4.69) is 15.6 Å². The van der Waals surface area contributed by atoms with E-state index in [1.165, 1.54) is 0 Å². The second-order valence-electron chi connectivity index (χ2n) is 7.13. The van der Waals surface area contributed by atoms with E-state index in [4.69, 9.17) is 4.84 Å². The first-order chi connectivity index (χ1) is 14.3. The first-order valence-corrected chi connectivity index (χ1v) is 11.8. The maximum atomic E-state index is 12.0. The topological polar surface area (TPSA) is 101 Å². The zero-order valence-electron chi connectivity index (χ0n) is 17.5. The lowest BCUT2D eigenvalue weighted by Crippen LogP contribution is -2.36. The molecule has 8 nitrogen and oxygen atoms in total. The lowest BCUT2D eigenvalue weighted by Gasteiger charge is -2.19. The van der Waals surface area contributed by atoms with Gasteiger partial charge < -0.3 is 10.6 Å². The Balaban J connectivity index is 1.64. The molecule has 0 spiro atoms. The van der Waals surface area contributed by atoms with Crippen LogP contribution < -0.4 is 10.6 Å². The standard InChI is InChI=1S/C21H30N4O4S/c1-18(23-21(26)24-20-12-14-22-15-13-20)9-5-4-8-16-25(30(2,27)28)29-17-19-10-6-3-7-11-19/h3,6-7,10-15,18H,4-5,8-9,16-17H2,1-2H3,(H2,22,23,24,26). The lowest BCUT2D eigenvalue weighted by molar-refractivity contribution is -0.0962. The number of aromatic nitrogens is 1. The Hall–Kier alpha value is -2.49. The molecule has 0 saturated carbocycles. The number of benzene rings is 1. The summed E-state index contributed by atoms with van der Waals surface area (Å²) in [7, 11) is -3.44. The minimum Gasteiger partial charge on any atom is -0.335 e. The van der Waals surface area contributed by atoms with Gasteiger partial charge in [-0.1, -0.05) is 47.6 Å². The first-order valence-electron chi connectivity index (χ1n) is 9.96. The molecule has 1 aromatic carbocycles. The average molecular weight is 435 g/mol. The van der Waals surface area contributed by atoms with Crippen LogP contribution in [0.5, 0.6) is 0 Å². The highest BCUT2D eigenvalue weighted by Crippen LogP contribution is 2.10. The molecular formula is C21H30N4O4S. The zero-order chi connectivity index (χ0) is 21.8. The van der Waals surface area contributed by atoms with E-state index in [-0.39, 0.29) is 18.7 Å². The molecule has 0 aliphatic heterocycles. The number of hydroxylamine groups is 1. The molecule has 2 rings (SSSR count). The van der Waals surface area contributed by atoms with E-state index in [0.717, 1.165) is 35.6 Å². The third-order valence-electron chi connectivity index (χ3n) is 4.38. The summed E-state index contributed by atoms with van der Waals surface area (Å²) in [6.45, 7) is 2.45. The normalized spacial score (nSPS) is 12.5. The SMILES string of the molecule is CC(CCCCCN(OCc1ccccc1)S(C)(=O)=O)NC(=O)Nc1ccncc1. The Kier molecular flexibility index (Phi) is 9.72. The Morgan fingerprint density at radius 2 is 1.80 bits per heavy atom. The summed E-state index contributed by atoms with van der Waals surface area (Å²) in [6, 6.07) is 12.6. The molecule has 0 fully saturated rings. The first kappa shape index (κ1) is 23.8. The van der Waals surface area contributed by atoms with Crippen molar-refractivity contribution in [2.75, 3.05) is 18.1 Å². The zero-order valence-corrected chi connectivity index (χ0v) is 18.3. The van der Waals surface area contributed by atoms with Crippen molar-refractivity contribution in [3.63, 3.8) is 0 Å². The molecule has 0 aliphatic carbocycles. The van der Waals surface area contributed by atoms with Gasteiger partial charge in [0.15, 0.2) is 0 Å². The number of urea groups is 1. The van der Waals surface area contributed by atoms with Crippen molar-refractivity contribution in [1.82, 2.24) is 14.8 Å². The number of amides is 2. The van der Waals surface area contributed by atoms with Gasteiger partial charge >= 0.3 is 6.03 Å². The van der Waals surface area contributed by atoms with Crippen LogP contribution in [0.1, 0.15) is 38.2 Å². The van der Waals surface area contributed by atoms with Gasteiger partial charge in [0.05, 0.1) is 12.9 Å². The maximum absolute atomic E-state index is 12.0. The van der Waals surface area contributed by atoms with Crippen LogP contribution in [0.2, 0.25) is 0 Å². The van der Waals surface area contributed by atoms with Gasteiger partial charge in [-0.3, -0.25) is 9.82 Å². The molecule has 1 unspecified atom stereocenters. The second-order valence-corrected chi connectivity index (χ2v) is 9.01. The third-order valence-corrected chi connectivity index (χ3v) is 5.41. The van der Waals surface area contributed by atoms with Gasteiger partial charge in [0.25, 0.3) is 0 Å². The van der Waals surface area contributed by atoms with Crippen LogP contribution >= 0.6 is 0 Å². The number of carbonyl (C=O) groups is 1. The van der Waals surface area contributed by atoms with Gasteiger partial charge in [-0.05, 0) is 37.5 Å². The number of nitrogens with one attached hydrogen (secondary N) is 2. The number of hydrogen-bond acceptors (Lipinski definition) is 5. The van der Waals surface area contributed by atoms with Crippen molar-refractivity contribution < 1.29 is 18.0 Å². The molecule has 9 heteroatoms. The summed E-state index contributed by atoms with van der Waals surface area (Å²) in [5, 5.41) is 5.64. The van der Waals surface area contributed by atoms with E-state index in [9.17, 15) is 13.2 Å². The second kappa shape index (κ2) is 12.3. The van der Waals surface area contributed by atoms with E-state index in [1.807, 2.05) is 37.3 Å². The fraction of sp³-hybridized carbons (Fsp3) is 0.429. The molecule has 1 aromatic heterocycles. The molecule has 2 amide bonds. The highest BCUT2D eigenvalue weighted by Gasteiger charge is 2.17. The van der Waals surface area contributed by atoms with Crippen molar-refractivity contribution in [3.8, 4) is 0 Å². The fourth-order valence-electron chi connectivity index (χ4n) is 2.81. The van der Waals surface area contributed by atoms with E-state index < -0.39 is 10.0 Å². The predicted octanol–water partition coefficient (Wildman–Crippen LogP) is 3.55. The minimum atomic E-state index is -3.44. The lowest BCUT2D eigenvalue weighted by atomic mass is 10.1. The molecule has 2 aromatic rings. The minimum absolute atomic E-state index is 0.00665. The molecule has 30 heavy (non-hydrogen) atoms. The Morgan fingerprint density at radius 3 is 2.47 bits per heavy atom. The molecule has 2 N–H and O–H groups in total. The number of hydrogen-bond donors (Lipinski definition) is 2. The van der Waals surface area contributed by atoms with Gasteiger partial charge in [-0.2, -0.15) is 0 Å². The molecular weight excluding hydrogens is 404 g/mol. The number of sulfonamides is 1. The van der Waals surface area contributed by atoms with Crippen LogP contribution in [0.25, 0.3) is 0 Å². The molecule has 0 radical (unpaired) electrons. The molecule has 1 heterocycles. The number of nitrogens with zero attached hydrogens (tertiary/aromatic N) is 2. The highest BCUT2D eigenvalue weighted by atomic mass is 32.2.